The van der Waals surface area contributed by atoms with Crippen molar-refractivity contribution in [3.8, 4) is 16.9 Å². The van der Waals surface area contributed by atoms with Crippen molar-refractivity contribution in [2.75, 3.05) is 14.1 Å². The molecule has 160 valence electrons. The van der Waals surface area contributed by atoms with Crippen molar-refractivity contribution in [2.24, 2.45) is 0 Å². The lowest BCUT2D eigenvalue weighted by atomic mass is 10.0. The van der Waals surface area contributed by atoms with Crippen LogP contribution in [0.4, 0.5) is 0 Å². The van der Waals surface area contributed by atoms with Gasteiger partial charge in [0, 0.05) is 43.4 Å². The fourth-order valence-electron chi connectivity index (χ4n) is 3.44. The second kappa shape index (κ2) is 8.86. The van der Waals surface area contributed by atoms with E-state index in [1.165, 1.54) is 18.4 Å². The number of nitrogens with zero attached hydrogens (tertiary/aromatic N) is 2. The van der Waals surface area contributed by atoms with Crippen molar-refractivity contribution < 1.29 is 17.8 Å². The Labute approximate surface area is 188 Å². The highest BCUT2D eigenvalue weighted by Crippen LogP contribution is 2.20. The molecule has 0 amide bonds. The van der Waals surface area contributed by atoms with Gasteiger partial charge in [-0.1, -0.05) is 48.5 Å². The molecule has 0 saturated heterocycles. The fourth-order valence-corrected chi connectivity index (χ4v) is 4.34. The van der Waals surface area contributed by atoms with E-state index in [9.17, 15) is 13.2 Å². The van der Waals surface area contributed by atoms with Gasteiger partial charge in [-0.25, -0.2) is 12.7 Å². The van der Waals surface area contributed by atoms with E-state index in [0.717, 1.165) is 16.9 Å². The van der Waals surface area contributed by atoms with Crippen LogP contribution in [-0.2, 0) is 10.0 Å². The standard InChI is InChI=1S/C26H23N2O3S/c1-27(2)32(30,31)24-16-14-23(15-17-24)28-19-22(26(29)21-11-7-4-8-12-21)13-18-25(28)20-9-5-3-6-10-20/h3-19H,1-2H3/q+1. The number of hydrogen-bond donors (Lipinski definition) is 0. The molecule has 0 atom stereocenters. The summed E-state index contributed by atoms with van der Waals surface area (Å²) in [6.45, 7) is 0. The van der Waals surface area contributed by atoms with Crippen LogP contribution in [-0.4, -0.2) is 32.6 Å². The topological polar surface area (TPSA) is 58.3 Å². The molecule has 0 N–H and O–H groups in total. The number of sulfonamides is 1. The molecule has 1 aromatic heterocycles. The molecule has 0 unspecified atom stereocenters. The summed E-state index contributed by atoms with van der Waals surface area (Å²) in [6, 6.07) is 29.4. The molecule has 3 aromatic carbocycles. The van der Waals surface area contributed by atoms with Crippen molar-refractivity contribution in [3.05, 3.63) is 114 Å². The third-order valence-corrected chi connectivity index (χ3v) is 7.04. The molecule has 4 aromatic rings. The van der Waals surface area contributed by atoms with E-state index in [2.05, 4.69) is 0 Å². The van der Waals surface area contributed by atoms with Crippen LogP contribution in [0.2, 0.25) is 0 Å². The second-order valence-corrected chi connectivity index (χ2v) is 9.67. The third-order valence-electron chi connectivity index (χ3n) is 5.21. The van der Waals surface area contributed by atoms with Crippen LogP contribution in [0.25, 0.3) is 16.9 Å². The van der Waals surface area contributed by atoms with E-state index in [1.54, 1.807) is 42.6 Å². The second-order valence-electron chi connectivity index (χ2n) is 7.52. The van der Waals surface area contributed by atoms with Crippen molar-refractivity contribution in [1.29, 1.82) is 0 Å². The zero-order chi connectivity index (χ0) is 22.7. The number of ketones is 1. The number of pyridine rings is 1. The Morgan fingerprint density at radius 3 is 1.91 bits per heavy atom. The molecule has 0 fully saturated rings. The minimum absolute atomic E-state index is 0.0780. The van der Waals surface area contributed by atoms with Gasteiger partial charge < -0.3 is 0 Å². The predicted octanol–water partition coefficient (Wildman–Crippen LogP) is 4.11. The van der Waals surface area contributed by atoms with Gasteiger partial charge in [0.05, 0.1) is 10.5 Å². The Morgan fingerprint density at radius 2 is 1.31 bits per heavy atom. The van der Waals surface area contributed by atoms with Crippen LogP contribution < -0.4 is 4.57 Å². The maximum absolute atomic E-state index is 13.0. The lowest BCUT2D eigenvalue weighted by molar-refractivity contribution is -0.584. The van der Waals surface area contributed by atoms with Gasteiger partial charge in [0.25, 0.3) is 0 Å². The first kappa shape index (κ1) is 21.6. The van der Waals surface area contributed by atoms with Crippen LogP contribution in [0.3, 0.4) is 0 Å². The summed E-state index contributed by atoms with van der Waals surface area (Å²) in [5.74, 6) is -0.0780. The lowest BCUT2D eigenvalue weighted by Gasteiger charge is -2.11. The molecule has 0 aliphatic rings. The van der Waals surface area contributed by atoms with Crippen LogP contribution in [0.5, 0.6) is 0 Å². The lowest BCUT2D eigenvalue weighted by Crippen LogP contribution is -2.34. The molecular formula is C26H23N2O3S+. The van der Waals surface area contributed by atoms with Gasteiger partial charge in [-0.05, 0) is 30.3 Å². The summed E-state index contributed by atoms with van der Waals surface area (Å²) in [5.41, 5.74) is 3.78. The van der Waals surface area contributed by atoms with Crippen molar-refractivity contribution in [2.45, 2.75) is 4.90 Å². The van der Waals surface area contributed by atoms with Crippen molar-refractivity contribution >= 4 is 15.8 Å². The Kier molecular flexibility index (Phi) is 5.99. The summed E-state index contributed by atoms with van der Waals surface area (Å²) in [4.78, 5) is 13.3. The SMILES string of the molecule is CN(C)S(=O)(=O)c1ccc(-[n+]2cc(C(=O)c3ccccc3)ccc2-c2ccccc2)cc1. The van der Waals surface area contributed by atoms with Crippen LogP contribution in [0.15, 0.2) is 108 Å². The fraction of sp³-hybridized carbons (Fsp3) is 0.0769. The highest BCUT2D eigenvalue weighted by molar-refractivity contribution is 7.89. The van der Waals surface area contributed by atoms with E-state index in [1.807, 2.05) is 65.2 Å². The summed E-state index contributed by atoms with van der Waals surface area (Å²) in [7, 11) is -0.518. The molecule has 0 aliphatic heterocycles. The minimum atomic E-state index is -3.53. The van der Waals surface area contributed by atoms with E-state index in [0.29, 0.717) is 11.1 Å². The summed E-state index contributed by atoms with van der Waals surface area (Å²) < 4.78 is 28.0. The maximum Gasteiger partial charge on any atom is 0.242 e. The van der Waals surface area contributed by atoms with E-state index < -0.39 is 10.0 Å². The smallest absolute Gasteiger partial charge is 0.242 e. The molecule has 32 heavy (non-hydrogen) atoms. The zero-order valence-corrected chi connectivity index (χ0v) is 18.7. The van der Waals surface area contributed by atoms with Gasteiger partial charge in [0.2, 0.25) is 21.4 Å². The highest BCUT2D eigenvalue weighted by atomic mass is 32.2. The number of carbonyl (C=O) groups is 1. The van der Waals surface area contributed by atoms with Crippen LogP contribution in [0.1, 0.15) is 15.9 Å². The summed E-state index contributed by atoms with van der Waals surface area (Å²) in [5, 5.41) is 0. The number of hydrogen-bond acceptors (Lipinski definition) is 3. The predicted molar refractivity (Wildman–Crippen MR) is 124 cm³/mol. The molecule has 0 saturated carbocycles. The summed E-state index contributed by atoms with van der Waals surface area (Å²) >= 11 is 0. The third kappa shape index (κ3) is 4.23. The highest BCUT2D eigenvalue weighted by Gasteiger charge is 2.22. The minimum Gasteiger partial charge on any atom is -0.288 e. The molecule has 6 heteroatoms. The first-order chi connectivity index (χ1) is 15.4. The Morgan fingerprint density at radius 1 is 0.719 bits per heavy atom. The Hall–Kier alpha value is -3.61. The summed E-state index contributed by atoms with van der Waals surface area (Å²) in [6.07, 6.45) is 1.80. The van der Waals surface area contributed by atoms with Crippen molar-refractivity contribution in [1.82, 2.24) is 4.31 Å². The quantitative estimate of drug-likeness (QED) is 0.333. The zero-order valence-electron chi connectivity index (χ0n) is 17.8. The van der Waals surface area contributed by atoms with E-state index in [-0.39, 0.29) is 10.7 Å². The van der Waals surface area contributed by atoms with Gasteiger partial charge in [-0.2, -0.15) is 4.57 Å². The monoisotopic (exact) mass is 443 g/mol. The molecule has 0 bridgehead atoms. The first-order valence-electron chi connectivity index (χ1n) is 10.1. The molecule has 0 spiro atoms. The van der Waals surface area contributed by atoms with Gasteiger partial charge in [0.1, 0.15) is 0 Å². The van der Waals surface area contributed by atoms with Gasteiger partial charge in [-0.3, -0.25) is 4.79 Å². The van der Waals surface area contributed by atoms with E-state index in [4.69, 9.17) is 0 Å². The van der Waals surface area contributed by atoms with Gasteiger partial charge in [0.15, 0.2) is 12.0 Å². The normalized spacial score (nSPS) is 11.5. The van der Waals surface area contributed by atoms with Crippen molar-refractivity contribution in [3.63, 3.8) is 0 Å². The number of carbonyl (C=O) groups excluding carboxylic acids is 1. The number of benzene rings is 3. The van der Waals surface area contributed by atoms with Gasteiger partial charge >= 0.3 is 0 Å². The first-order valence-corrected chi connectivity index (χ1v) is 11.6. The average Bonchev–Trinajstić information content (AvgIpc) is 2.84. The average molecular weight is 444 g/mol. The molecule has 0 radical (unpaired) electrons. The van der Waals surface area contributed by atoms with E-state index >= 15 is 0 Å². The molecule has 4 rings (SSSR count). The molecular weight excluding hydrogens is 420 g/mol. The Balaban J connectivity index is 1.84. The largest absolute Gasteiger partial charge is 0.288 e. The van der Waals surface area contributed by atoms with Gasteiger partial charge in [-0.15, -0.1) is 0 Å². The van der Waals surface area contributed by atoms with Crippen LogP contribution in [0, 0.1) is 0 Å². The maximum atomic E-state index is 13.0. The molecule has 1 heterocycles. The Bertz CT molecular complexity index is 1350. The number of rotatable bonds is 6. The van der Waals surface area contributed by atoms with Crippen LogP contribution >= 0.6 is 0 Å². The number of aromatic nitrogens is 1. The molecule has 5 nitrogen and oxygen atoms in total. The molecule has 0 aliphatic carbocycles.